The number of rotatable bonds is 5. The molecular formula is C14H17ClN2O5S. The summed E-state index contributed by atoms with van der Waals surface area (Å²) >= 11 is 5.73. The molecule has 0 aromatic heterocycles. The zero-order valence-electron chi connectivity index (χ0n) is 12.5. The minimum absolute atomic E-state index is 0.0217. The van der Waals surface area contributed by atoms with Crippen molar-refractivity contribution in [1.82, 2.24) is 9.21 Å². The Morgan fingerprint density at radius 1 is 1.35 bits per heavy atom. The van der Waals surface area contributed by atoms with E-state index in [-0.39, 0.29) is 4.90 Å². The summed E-state index contributed by atoms with van der Waals surface area (Å²) in [5.41, 5.74) is 0. The van der Waals surface area contributed by atoms with Gasteiger partial charge in [-0.2, -0.15) is 4.31 Å². The summed E-state index contributed by atoms with van der Waals surface area (Å²) in [5, 5.41) is 9.50. The van der Waals surface area contributed by atoms with Gasteiger partial charge in [0.05, 0.1) is 11.4 Å². The van der Waals surface area contributed by atoms with E-state index in [2.05, 4.69) is 0 Å². The lowest BCUT2D eigenvalue weighted by Crippen LogP contribution is -2.45. The van der Waals surface area contributed by atoms with Crippen LogP contribution in [0.3, 0.4) is 0 Å². The summed E-state index contributed by atoms with van der Waals surface area (Å²) in [6.07, 6.45) is 0.977. The number of hydrogen-bond acceptors (Lipinski definition) is 4. The molecule has 1 aromatic rings. The maximum Gasteiger partial charge on any atom is 0.326 e. The van der Waals surface area contributed by atoms with Crippen LogP contribution in [0.5, 0.6) is 0 Å². The van der Waals surface area contributed by atoms with Gasteiger partial charge in [0.25, 0.3) is 0 Å². The summed E-state index contributed by atoms with van der Waals surface area (Å²) in [4.78, 5) is 24.6. The molecule has 1 atom stereocenters. The quantitative estimate of drug-likeness (QED) is 0.846. The number of carbonyl (C=O) groups excluding carboxylic acids is 1. The van der Waals surface area contributed by atoms with Crippen molar-refractivity contribution < 1.29 is 23.1 Å². The van der Waals surface area contributed by atoms with E-state index in [0.29, 0.717) is 24.4 Å². The molecule has 1 unspecified atom stereocenters. The molecule has 1 aliphatic rings. The minimum Gasteiger partial charge on any atom is -0.480 e. The molecule has 2 rings (SSSR count). The van der Waals surface area contributed by atoms with Gasteiger partial charge in [-0.25, -0.2) is 13.2 Å². The molecule has 126 valence electrons. The highest BCUT2D eigenvalue weighted by Gasteiger charge is 2.35. The minimum atomic E-state index is -3.84. The molecule has 1 fully saturated rings. The number of amides is 1. The number of nitrogens with zero attached hydrogens (tertiary/aromatic N) is 2. The van der Waals surface area contributed by atoms with Crippen molar-refractivity contribution in [2.45, 2.75) is 23.8 Å². The van der Waals surface area contributed by atoms with Crippen LogP contribution in [0.2, 0.25) is 5.02 Å². The summed E-state index contributed by atoms with van der Waals surface area (Å²) in [6.45, 7) is -0.0840. The van der Waals surface area contributed by atoms with Gasteiger partial charge in [0.2, 0.25) is 15.9 Å². The van der Waals surface area contributed by atoms with Crippen LogP contribution in [0, 0.1) is 0 Å². The molecule has 0 spiro atoms. The van der Waals surface area contributed by atoms with Gasteiger partial charge in [0.1, 0.15) is 6.04 Å². The van der Waals surface area contributed by atoms with Gasteiger partial charge in [-0.3, -0.25) is 4.79 Å². The van der Waals surface area contributed by atoms with Crippen molar-refractivity contribution in [1.29, 1.82) is 0 Å². The summed E-state index contributed by atoms with van der Waals surface area (Å²) < 4.78 is 25.7. The molecule has 1 heterocycles. The lowest BCUT2D eigenvalue weighted by atomic mass is 10.2. The zero-order valence-corrected chi connectivity index (χ0v) is 14.0. The van der Waals surface area contributed by atoms with Gasteiger partial charge in [-0.1, -0.05) is 11.6 Å². The molecule has 1 amide bonds. The molecule has 0 aliphatic carbocycles. The third kappa shape index (κ3) is 3.82. The van der Waals surface area contributed by atoms with Crippen molar-refractivity contribution in [2.24, 2.45) is 0 Å². The second kappa shape index (κ2) is 6.86. The van der Waals surface area contributed by atoms with E-state index in [4.69, 9.17) is 16.7 Å². The first-order valence-electron chi connectivity index (χ1n) is 6.97. The summed E-state index contributed by atoms with van der Waals surface area (Å²) in [7, 11) is -2.55. The van der Waals surface area contributed by atoms with Crippen molar-refractivity contribution in [3.8, 4) is 0 Å². The number of hydrogen-bond donors (Lipinski definition) is 1. The largest absolute Gasteiger partial charge is 0.480 e. The van der Waals surface area contributed by atoms with Gasteiger partial charge in [-0.05, 0) is 37.1 Å². The maximum atomic E-state index is 12.4. The number of carbonyl (C=O) groups is 2. The van der Waals surface area contributed by atoms with Gasteiger partial charge >= 0.3 is 5.97 Å². The fraction of sp³-hybridized carbons (Fsp3) is 0.429. The van der Waals surface area contributed by atoms with Crippen molar-refractivity contribution >= 4 is 33.5 Å². The van der Waals surface area contributed by atoms with Crippen molar-refractivity contribution in [3.63, 3.8) is 0 Å². The number of sulfonamides is 1. The highest BCUT2D eigenvalue weighted by molar-refractivity contribution is 7.89. The standard InChI is InChI=1S/C14H17ClN2O5S/c1-16(23(21,22)11-6-4-10(15)5-7-11)9-13(18)17-8-2-3-12(17)14(19)20/h4-7,12H,2-3,8-9H2,1H3,(H,19,20). The van der Waals surface area contributed by atoms with Gasteiger partial charge in [-0.15, -0.1) is 0 Å². The van der Waals surface area contributed by atoms with E-state index in [0.717, 1.165) is 4.31 Å². The molecule has 23 heavy (non-hydrogen) atoms. The fourth-order valence-corrected chi connectivity index (χ4v) is 3.72. The first-order valence-corrected chi connectivity index (χ1v) is 8.79. The van der Waals surface area contributed by atoms with Gasteiger partial charge in [0, 0.05) is 18.6 Å². The normalized spacial score (nSPS) is 18.4. The number of benzene rings is 1. The first-order chi connectivity index (χ1) is 10.7. The van der Waals surface area contributed by atoms with Crippen molar-refractivity contribution in [3.05, 3.63) is 29.3 Å². The summed E-state index contributed by atoms with van der Waals surface area (Å²) in [5.74, 6) is -1.59. The van der Waals surface area contributed by atoms with Gasteiger partial charge < -0.3 is 10.0 Å². The Morgan fingerprint density at radius 3 is 2.52 bits per heavy atom. The maximum absolute atomic E-state index is 12.4. The molecular weight excluding hydrogens is 344 g/mol. The number of halogens is 1. The Hall–Kier alpha value is -1.64. The number of carboxylic acids is 1. The van der Waals surface area contributed by atoms with Crippen LogP contribution < -0.4 is 0 Å². The second-order valence-electron chi connectivity index (χ2n) is 5.30. The Labute approximate surface area is 139 Å². The van der Waals surface area contributed by atoms with E-state index >= 15 is 0 Å². The number of carboxylic acid groups (broad SMARTS) is 1. The predicted octanol–water partition coefficient (Wildman–Crippen LogP) is 1.04. The predicted molar refractivity (Wildman–Crippen MR) is 83.6 cm³/mol. The van der Waals surface area contributed by atoms with E-state index < -0.39 is 34.5 Å². The molecule has 1 N–H and O–H groups in total. The zero-order chi connectivity index (χ0) is 17.2. The van der Waals surface area contributed by atoms with Crippen LogP contribution in [0.25, 0.3) is 0 Å². The van der Waals surface area contributed by atoms with Crippen LogP contribution in [0.4, 0.5) is 0 Å². The highest BCUT2D eigenvalue weighted by Crippen LogP contribution is 2.20. The van der Waals surface area contributed by atoms with Gasteiger partial charge in [0.15, 0.2) is 0 Å². The first kappa shape index (κ1) is 17.7. The van der Waals surface area contributed by atoms with E-state index in [1.807, 2.05) is 0 Å². The lowest BCUT2D eigenvalue weighted by molar-refractivity contribution is -0.148. The third-order valence-corrected chi connectivity index (χ3v) is 5.81. The number of aliphatic carboxylic acids is 1. The van der Waals surface area contributed by atoms with E-state index in [1.165, 1.54) is 36.2 Å². The van der Waals surface area contributed by atoms with Crippen LogP contribution in [-0.2, 0) is 19.6 Å². The van der Waals surface area contributed by atoms with Crippen LogP contribution in [-0.4, -0.2) is 60.8 Å². The number of likely N-dealkylation sites (tertiary alicyclic amines) is 1. The molecule has 1 saturated heterocycles. The fourth-order valence-electron chi connectivity index (χ4n) is 2.47. The van der Waals surface area contributed by atoms with Crippen LogP contribution >= 0.6 is 11.6 Å². The summed E-state index contributed by atoms with van der Waals surface area (Å²) in [6, 6.07) is 4.73. The van der Waals surface area contributed by atoms with E-state index in [9.17, 15) is 18.0 Å². The molecule has 1 aliphatic heterocycles. The Bertz CT molecular complexity index is 704. The molecule has 1 aromatic carbocycles. The van der Waals surface area contributed by atoms with E-state index in [1.54, 1.807) is 0 Å². The second-order valence-corrected chi connectivity index (χ2v) is 7.78. The molecule has 7 nitrogen and oxygen atoms in total. The topological polar surface area (TPSA) is 95.0 Å². The average molecular weight is 361 g/mol. The van der Waals surface area contributed by atoms with Crippen LogP contribution in [0.1, 0.15) is 12.8 Å². The van der Waals surface area contributed by atoms with Crippen molar-refractivity contribution in [2.75, 3.05) is 20.1 Å². The lowest BCUT2D eigenvalue weighted by Gasteiger charge is -2.24. The Morgan fingerprint density at radius 2 is 1.96 bits per heavy atom. The Kier molecular flexibility index (Phi) is 5.28. The molecule has 0 radical (unpaired) electrons. The Balaban J connectivity index is 2.11. The monoisotopic (exact) mass is 360 g/mol. The molecule has 9 heteroatoms. The smallest absolute Gasteiger partial charge is 0.326 e. The molecule has 0 saturated carbocycles. The third-order valence-electron chi connectivity index (χ3n) is 3.74. The molecule has 0 bridgehead atoms. The number of likely N-dealkylation sites (N-methyl/N-ethyl adjacent to an activating group) is 1. The SMILES string of the molecule is CN(CC(=O)N1CCCC1C(=O)O)S(=O)(=O)c1ccc(Cl)cc1. The highest BCUT2D eigenvalue weighted by atomic mass is 35.5. The van der Waals surface area contributed by atoms with Crippen LogP contribution in [0.15, 0.2) is 29.2 Å². The average Bonchev–Trinajstić information content (AvgIpc) is 2.97.